The third-order valence-electron chi connectivity index (χ3n) is 4.43. The Labute approximate surface area is 156 Å². The molecular weight excluding hydrogens is 346 g/mol. The third-order valence-corrected chi connectivity index (χ3v) is 5.70. The molecule has 2 aromatic carbocycles. The second-order valence-electron chi connectivity index (χ2n) is 6.11. The van der Waals surface area contributed by atoms with Crippen molar-refractivity contribution in [2.75, 3.05) is 18.2 Å². The van der Waals surface area contributed by atoms with E-state index >= 15 is 0 Å². The average molecular weight is 365 g/mol. The van der Waals surface area contributed by atoms with Crippen LogP contribution in [0.1, 0.15) is 22.1 Å². The van der Waals surface area contributed by atoms with Gasteiger partial charge in [-0.1, -0.05) is 30.3 Å². The number of benzene rings is 2. The number of aromatic nitrogens is 2. The molecule has 1 aromatic heterocycles. The molecule has 1 N–H and O–H groups in total. The maximum atomic E-state index is 12.3. The van der Waals surface area contributed by atoms with Gasteiger partial charge in [0.1, 0.15) is 11.6 Å². The summed E-state index contributed by atoms with van der Waals surface area (Å²) in [6.45, 7) is 1.99. The second kappa shape index (κ2) is 6.88. The number of nitrogens with one attached hydrogen (secondary N) is 1. The number of ether oxygens (including phenoxy) is 1. The van der Waals surface area contributed by atoms with E-state index in [2.05, 4.69) is 17.4 Å². The van der Waals surface area contributed by atoms with Crippen LogP contribution in [0.5, 0.6) is 5.75 Å². The molecule has 0 radical (unpaired) electrons. The molecule has 1 aliphatic rings. The van der Waals surface area contributed by atoms with E-state index in [0.717, 1.165) is 34.1 Å². The Morgan fingerprint density at radius 1 is 1.15 bits per heavy atom. The highest BCUT2D eigenvalue weighted by molar-refractivity contribution is 8.00. The fourth-order valence-electron chi connectivity index (χ4n) is 3.18. The van der Waals surface area contributed by atoms with Crippen molar-refractivity contribution in [3.8, 4) is 11.4 Å². The lowest BCUT2D eigenvalue weighted by molar-refractivity contribution is -0.113. The summed E-state index contributed by atoms with van der Waals surface area (Å²) >= 11 is 1.62. The predicted molar refractivity (Wildman–Crippen MR) is 104 cm³/mol. The zero-order chi connectivity index (χ0) is 18.1. The highest BCUT2D eigenvalue weighted by atomic mass is 32.2. The zero-order valence-electron chi connectivity index (χ0n) is 14.6. The van der Waals surface area contributed by atoms with Crippen LogP contribution in [-0.4, -0.2) is 28.6 Å². The summed E-state index contributed by atoms with van der Waals surface area (Å²) in [5, 5.41) is 7.80. The largest absolute Gasteiger partial charge is 0.497 e. The molecule has 0 saturated heterocycles. The van der Waals surface area contributed by atoms with Gasteiger partial charge < -0.3 is 10.1 Å². The SMILES string of the molecule is COc1ccc([C@@H]2SCC(=O)Nc3c2c(C)nn3-c2ccccc2)cc1. The molecule has 0 unspecified atom stereocenters. The minimum Gasteiger partial charge on any atom is -0.497 e. The van der Waals surface area contributed by atoms with Crippen molar-refractivity contribution in [1.82, 2.24) is 9.78 Å². The third kappa shape index (κ3) is 2.97. The van der Waals surface area contributed by atoms with Crippen LogP contribution in [0.15, 0.2) is 54.6 Å². The van der Waals surface area contributed by atoms with Gasteiger partial charge in [-0.15, -0.1) is 11.8 Å². The van der Waals surface area contributed by atoms with Crippen LogP contribution < -0.4 is 10.1 Å². The molecule has 26 heavy (non-hydrogen) atoms. The van der Waals surface area contributed by atoms with Crippen LogP contribution in [0.25, 0.3) is 5.69 Å². The molecule has 1 atom stereocenters. The molecule has 4 rings (SSSR count). The van der Waals surface area contributed by atoms with E-state index in [4.69, 9.17) is 9.84 Å². The predicted octanol–water partition coefficient (Wildman–Crippen LogP) is 3.96. The van der Waals surface area contributed by atoms with Gasteiger partial charge in [-0.05, 0) is 36.8 Å². The quantitative estimate of drug-likeness (QED) is 0.763. The number of nitrogens with zero attached hydrogens (tertiary/aromatic N) is 2. The van der Waals surface area contributed by atoms with Crippen LogP contribution in [0, 0.1) is 6.92 Å². The summed E-state index contributed by atoms with van der Waals surface area (Å²) in [5.41, 5.74) is 4.02. The number of thioether (sulfide) groups is 1. The summed E-state index contributed by atoms with van der Waals surface area (Å²) in [4.78, 5) is 12.3. The van der Waals surface area contributed by atoms with Gasteiger partial charge in [0.25, 0.3) is 0 Å². The molecule has 6 heteroatoms. The molecule has 0 spiro atoms. The fraction of sp³-hybridized carbons (Fsp3) is 0.200. The Kier molecular flexibility index (Phi) is 4.42. The Hall–Kier alpha value is -2.73. The van der Waals surface area contributed by atoms with Gasteiger partial charge in [0.15, 0.2) is 0 Å². The van der Waals surface area contributed by atoms with Crippen LogP contribution in [0.3, 0.4) is 0 Å². The van der Waals surface area contributed by atoms with Crippen LogP contribution in [0.4, 0.5) is 5.82 Å². The van der Waals surface area contributed by atoms with Crippen LogP contribution >= 0.6 is 11.8 Å². The number of anilines is 1. The van der Waals surface area contributed by atoms with E-state index in [1.807, 2.05) is 54.1 Å². The molecule has 2 heterocycles. The van der Waals surface area contributed by atoms with Crippen molar-refractivity contribution >= 4 is 23.5 Å². The molecule has 132 valence electrons. The van der Waals surface area contributed by atoms with Crippen molar-refractivity contribution in [3.63, 3.8) is 0 Å². The lowest BCUT2D eigenvalue weighted by atomic mass is 10.0. The number of hydrogen-bond acceptors (Lipinski definition) is 4. The molecule has 0 bridgehead atoms. The first-order valence-corrected chi connectivity index (χ1v) is 9.42. The first kappa shape index (κ1) is 16.7. The monoisotopic (exact) mass is 365 g/mol. The molecule has 0 fully saturated rings. The molecule has 1 aliphatic heterocycles. The number of amides is 1. The minimum atomic E-state index is -0.00987. The zero-order valence-corrected chi connectivity index (χ0v) is 15.4. The summed E-state index contributed by atoms with van der Waals surface area (Å²) in [7, 11) is 1.66. The fourth-order valence-corrected chi connectivity index (χ4v) is 4.37. The number of aryl methyl sites for hydroxylation is 1. The molecular formula is C20H19N3O2S. The van der Waals surface area contributed by atoms with Gasteiger partial charge in [-0.25, -0.2) is 4.68 Å². The van der Waals surface area contributed by atoms with Gasteiger partial charge in [-0.3, -0.25) is 4.79 Å². The normalized spacial score (nSPS) is 16.5. The topological polar surface area (TPSA) is 56.1 Å². The van der Waals surface area contributed by atoms with Crippen molar-refractivity contribution in [2.24, 2.45) is 0 Å². The maximum absolute atomic E-state index is 12.3. The van der Waals surface area contributed by atoms with Crippen LogP contribution in [-0.2, 0) is 4.79 Å². The first-order chi connectivity index (χ1) is 12.7. The van der Waals surface area contributed by atoms with Crippen LogP contribution in [0.2, 0.25) is 0 Å². The lowest BCUT2D eigenvalue weighted by Crippen LogP contribution is -2.15. The number of carbonyl (C=O) groups is 1. The second-order valence-corrected chi connectivity index (χ2v) is 7.20. The number of carbonyl (C=O) groups excluding carboxylic acids is 1. The van der Waals surface area contributed by atoms with E-state index < -0.39 is 0 Å². The molecule has 3 aromatic rings. The maximum Gasteiger partial charge on any atom is 0.235 e. The Balaban J connectivity index is 1.85. The first-order valence-electron chi connectivity index (χ1n) is 8.37. The highest BCUT2D eigenvalue weighted by Crippen LogP contribution is 2.44. The average Bonchev–Trinajstić information content (AvgIpc) is 2.88. The van der Waals surface area contributed by atoms with Gasteiger partial charge >= 0.3 is 0 Å². The van der Waals surface area contributed by atoms with E-state index in [1.165, 1.54) is 0 Å². The Morgan fingerprint density at radius 3 is 2.58 bits per heavy atom. The van der Waals surface area contributed by atoms with Crippen molar-refractivity contribution in [1.29, 1.82) is 0 Å². The molecule has 5 nitrogen and oxygen atoms in total. The summed E-state index contributed by atoms with van der Waals surface area (Å²) in [6.07, 6.45) is 0. The van der Waals surface area contributed by atoms with E-state index in [0.29, 0.717) is 5.75 Å². The van der Waals surface area contributed by atoms with Gasteiger partial charge in [-0.2, -0.15) is 5.10 Å². The number of para-hydroxylation sites is 1. The number of methoxy groups -OCH3 is 1. The van der Waals surface area contributed by atoms with Crippen molar-refractivity contribution < 1.29 is 9.53 Å². The Morgan fingerprint density at radius 2 is 1.88 bits per heavy atom. The molecule has 1 amide bonds. The smallest absolute Gasteiger partial charge is 0.235 e. The van der Waals surface area contributed by atoms with E-state index in [-0.39, 0.29) is 11.2 Å². The van der Waals surface area contributed by atoms with Gasteiger partial charge in [0.05, 0.1) is 29.5 Å². The molecule has 0 aliphatic carbocycles. The van der Waals surface area contributed by atoms with Gasteiger partial charge in [0, 0.05) is 5.56 Å². The standard InChI is InChI=1S/C20H19N3O2S/c1-13-18-19(14-8-10-16(25-2)11-9-14)26-12-17(24)21-20(18)23(22-13)15-6-4-3-5-7-15/h3-11,19H,12H2,1-2H3,(H,21,24)/t19-/m0/s1. The minimum absolute atomic E-state index is 0.00987. The lowest BCUT2D eigenvalue weighted by Gasteiger charge is -2.15. The summed E-state index contributed by atoms with van der Waals surface area (Å²) in [6, 6.07) is 17.9. The van der Waals surface area contributed by atoms with E-state index in [1.54, 1.807) is 18.9 Å². The highest BCUT2D eigenvalue weighted by Gasteiger charge is 2.30. The number of rotatable bonds is 3. The van der Waals surface area contributed by atoms with Crippen molar-refractivity contribution in [2.45, 2.75) is 12.2 Å². The van der Waals surface area contributed by atoms with Gasteiger partial charge in [0.2, 0.25) is 5.91 Å². The molecule has 0 saturated carbocycles. The summed E-state index contributed by atoms with van der Waals surface area (Å²) < 4.78 is 7.09. The summed E-state index contributed by atoms with van der Waals surface area (Å²) in [5.74, 6) is 1.96. The number of hydrogen-bond donors (Lipinski definition) is 1. The Bertz CT molecular complexity index is 936. The van der Waals surface area contributed by atoms with E-state index in [9.17, 15) is 4.79 Å². The van der Waals surface area contributed by atoms with Crippen molar-refractivity contribution in [3.05, 3.63) is 71.4 Å². The number of fused-ring (bicyclic) bond motifs is 1.